The molecule has 1 amide bonds. The molecule has 0 radical (unpaired) electrons. The number of aliphatic hydroxyl groups is 1. The van der Waals surface area contributed by atoms with E-state index >= 15 is 0 Å². The molecule has 5 aliphatic rings. The zero-order valence-corrected chi connectivity index (χ0v) is 16.3. The summed E-state index contributed by atoms with van der Waals surface area (Å²) in [5, 5.41) is 9.61. The molecule has 27 heavy (non-hydrogen) atoms. The summed E-state index contributed by atoms with van der Waals surface area (Å²) in [7, 11) is 0. The van der Waals surface area contributed by atoms with Crippen LogP contribution >= 0.6 is 0 Å². The van der Waals surface area contributed by atoms with Gasteiger partial charge in [-0.3, -0.25) is 4.79 Å². The van der Waals surface area contributed by atoms with Crippen LogP contribution in [0.15, 0.2) is 18.2 Å². The second-order valence-electron chi connectivity index (χ2n) is 9.85. The van der Waals surface area contributed by atoms with E-state index in [2.05, 4.69) is 13.0 Å². The number of carbonyl (C=O) groups excluding carboxylic acids is 1. The molecule has 4 saturated carbocycles. The molecule has 0 aromatic heterocycles. The molecule has 4 aliphatic carbocycles. The van der Waals surface area contributed by atoms with E-state index in [4.69, 9.17) is 0 Å². The minimum Gasteiger partial charge on any atom is -0.389 e. The Balaban J connectivity index is 1.54. The van der Waals surface area contributed by atoms with Gasteiger partial charge in [0.1, 0.15) is 5.82 Å². The molecule has 1 saturated heterocycles. The maximum absolute atomic E-state index is 14.5. The lowest BCUT2D eigenvalue weighted by atomic mass is 9.41. The van der Waals surface area contributed by atoms with E-state index < -0.39 is 0 Å². The Morgan fingerprint density at radius 1 is 1.19 bits per heavy atom. The number of halogens is 1. The number of benzene rings is 1. The first-order chi connectivity index (χ1) is 12.9. The second-order valence-corrected chi connectivity index (χ2v) is 9.85. The van der Waals surface area contributed by atoms with E-state index in [0.717, 1.165) is 23.3 Å². The number of likely N-dealkylation sites (tertiary alicyclic amines) is 1. The Hall–Kier alpha value is -1.42. The molecule has 1 aromatic rings. The second kappa shape index (κ2) is 6.04. The van der Waals surface area contributed by atoms with Gasteiger partial charge < -0.3 is 10.0 Å². The van der Waals surface area contributed by atoms with Crippen LogP contribution in [0.25, 0.3) is 0 Å². The third-order valence-electron chi connectivity index (χ3n) is 8.66. The van der Waals surface area contributed by atoms with E-state index in [9.17, 15) is 14.3 Å². The van der Waals surface area contributed by atoms with Crippen LogP contribution in [0.4, 0.5) is 4.39 Å². The number of β-amino-alcohol motifs (C(OH)–C–C–N with tert-alkyl or cyclic N) is 1. The number of amides is 1. The molecule has 0 spiro atoms. The highest BCUT2D eigenvalue weighted by Gasteiger charge is 2.60. The van der Waals surface area contributed by atoms with E-state index in [-0.39, 0.29) is 23.2 Å². The quantitative estimate of drug-likeness (QED) is 0.881. The van der Waals surface area contributed by atoms with E-state index in [1.54, 1.807) is 17.9 Å². The Kier molecular flexibility index (Phi) is 3.95. The fourth-order valence-electron chi connectivity index (χ4n) is 7.03. The van der Waals surface area contributed by atoms with Crippen LogP contribution in [0, 0.1) is 42.3 Å². The number of hydrogen-bond acceptors (Lipinski definition) is 2. The van der Waals surface area contributed by atoms with Gasteiger partial charge in [0.25, 0.3) is 0 Å². The molecule has 1 aromatic carbocycles. The standard InChI is InChI=1S/C23H30FNO2/c1-13-3-4-17(9-21(13)24)23(10-22(27)25-11-20(26)12-25)18-5-15-6-19(23)8-16(7-18)14(15)2/h3-4,9,14-16,18-20,26H,5-8,10-12H2,1-2H3. The van der Waals surface area contributed by atoms with Gasteiger partial charge in [-0.05, 0) is 79.4 Å². The summed E-state index contributed by atoms with van der Waals surface area (Å²) in [6, 6.07) is 5.69. The molecule has 4 heteroatoms. The largest absolute Gasteiger partial charge is 0.389 e. The molecule has 1 heterocycles. The molecule has 1 aliphatic heterocycles. The number of aryl methyl sites for hydroxylation is 1. The first-order valence-corrected chi connectivity index (χ1v) is 10.6. The van der Waals surface area contributed by atoms with Crippen LogP contribution in [0.3, 0.4) is 0 Å². The van der Waals surface area contributed by atoms with Crippen molar-refractivity contribution in [3.05, 3.63) is 35.1 Å². The SMILES string of the molecule is Cc1ccc(C2(CC(=O)N3CC(O)C3)C3CC4CC2CC(C3)C4C)cc1F. The lowest BCUT2D eigenvalue weighted by Crippen LogP contribution is -2.61. The molecule has 3 nitrogen and oxygen atoms in total. The molecule has 4 bridgehead atoms. The van der Waals surface area contributed by atoms with Crippen molar-refractivity contribution in [3.63, 3.8) is 0 Å². The van der Waals surface area contributed by atoms with E-state index in [0.29, 0.717) is 36.9 Å². The molecule has 146 valence electrons. The summed E-state index contributed by atoms with van der Waals surface area (Å²) in [6.07, 6.45) is 4.82. The van der Waals surface area contributed by atoms with Gasteiger partial charge in [0, 0.05) is 24.9 Å². The molecule has 0 atom stereocenters. The highest BCUT2D eigenvalue weighted by molar-refractivity contribution is 5.79. The van der Waals surface area contributed by atoms with Crippen molar-refractivity contribution in [2.45, 2.75) is 57.5 Å². The van der Waals surface area contributed by atoms with Gasteiger partial charge >= 0.3 is 0 Å². The molecule has 6 rings (SSSR count). The van der Waals surface area contributed by atoms with Crippen LogP contribution in [-0.4, -0.2) is 35.1 Å². The lowest BCUT2D eigenvalue weighted by molar-refractivity contribution is -0.151. The smallest absolute Gasteiger partial charge is 0.223 e. The van der Waals surface area contributed by atoms with Crippen LogP contribution in [0.2, 0.25) is 0 Å². The Morgan fingerprint density at radius 3 is 2.30 bits per heavy atom. The van der Waals surface area contributed by atoms with Gasteiger partial charge in [0.15, 0.2) is 0 Å². The normalized spacial score (nSPS) is 40.3. The average Bonchev–Trinajstić information content (AvgIpc) is 2.59. The molecule has 5 fully saturated rings. The monoisotopic (exact) mass is 371 g/mol. The van der Waals surface area contributed by atoms with Crippen LogP contribution < -0.4 is 0 Å². The predicted molar refractivity (Wildman–Crippen MR) is 102 cm³/mol. The number of aliphatic hydroxyl groups excluding tert-OH is 1. The van der Waals surface area contributed by atoms with Crippen molar-refractivity contribution >= 4 is 5.91 Å². The summed E-state index contributed by atoms with van der Waals surface area (Å²) in [5.41, 5.74) is 1.49. The van der Waals surface area contributed by atoms with Gasteiger partial charge in [0.2, 0.25) is 5.91 Å². The van der Waals surface area contributed by atoms with Gasteiger partial charge in [-0.15, -0.1) is 0 Å². The van der Waals surface area contributed by atoms with Crippen molar-refractivity contribution in [1.29, 1.82) is 0 Å². The van der Waals surface area contributed by atoms with Gasteiger partial charge in [0.05, 0.1) is 6.10 Å². The first kappa shape index (κ1) is 17.7. The number of carbonyl (C=O) groups is 1. The van der Waals surface area contributed by atoms with E-state index in [1.807, 2.05) is 6.07 Å². The number of rotatable bonds is 3. The van der Waals surface area contributed by atoms with Crippen LogP contribution in [0.1, 0.15) is 50.2 Å². The highest BCUT2D eigenvalue weighted by Crippen LogP contribution is 2.65. The van der Waals surface area contributed by atoms with Gasteiger partial charge in [-0.25, -0.2) is 4.39 Å². The Morgan fingerprint density at radius 2 is 1.78 bits per heavy atom. The lowest BCUT2D eigenvalue weighted by Gasteiger charge is -2.64. The van der Waals surface area contributed by atoms with Crippen LogP contribution in [0.5, 0.6) is 0 Å². The fraction of sp³-hybridized carbons (Fsp3) is 0.696. The minimum atomic E-state index is -0.374. The zero-order chi connectivity index (χ0) is 18.9. The summed E-state index contributed by atoms with van der Waals surface area (Å²) in [5.74, 6) is 3.30. The first-order valence-electron chi connectivity index (χ1n) is 10.6. The zero-order valence-electron chi connectivity index (χ0n) is 16.3. The van der Waals surface area contributed by atoms with Crippen molar-refractivity contribution < 1.29 is 14.3 Å². The minimum absolute atomic E-state index is 0.141. The average molecular weight is 371 g/mol. The maximum atomic E-state index is 14.5. The predicted octanol–water partition coefficient (Wildman–Crippen LogP) is 3.67. The number of hydrogen-bond donors (Lipinski definition) is 1. The van der Waals surface area contributed by atoms with Crippen LogP contribution in [-0.2, 0) is 10.2 Å². The van der Waals surface area contributed by atoms with Crippen molar-refractivity contribution in [2.75, 3.05) is 13.1 Å². The molecule has 1 N–H and O–H groups in total. The topological polar surface area (TPSA) is 40.5 Å². The van der Waals surface area contributed by atoms with Gasteiger partial charge in [-0.2, -0.15) is 0 Å². The van der Waals surface area contributed by atoms with Crippen molar-refractivity contribution in [3.8, 4) is 0 Å². The maximum Gasteiger partial charge on any atom is 0.223 e. The van der Waals surface area contributed by atoms with Crippen molar-refractivity contribution in [2.24, 2.45) is 29.6 Å². The van der Waals surface area contributed by atoms with E-state index in [1.165, 1.54) is 25.7 Å². The highest BCUT2D eigenvalue weighted by atomic mass is 19.1. The fourth-order valence-corrected chi connectivity index (χ4v) is 7.03. The third-order valence-corrected chi connectivity index (χ3v) is 8.66. The number of nitrogens with zero attached hydrogens (tertiary/aromatic N) is 1. The summed E-state index contributed by atoms with van der Waals surface area (Å²) in [4.78, 5) is 14.9. The summed E-state index contributed by atoms with van der Waals surface area (Å²) < 4.78 is 14.5. The van der Waals surface area contributed by atoms with Crippen molar-refractivity contribution in [1.82, 2.24) is 4.90 Å². The summed E-state index contributed by atoms with van der Waals surface area (Å²) >= 11 is 0. The Labute approximate surface area is 160 Å². The molecular weight excluding hydrogens is 341 g/mol. The summed E-state index contributed by atoms with van der Waals surface area (Å²) in [6.45, 7) is 5.12. The Bertz CT molecular complexity index is 740. The molecular formula is C23H30FNO2. The van der Waals surface area contributed by atoms with Gasteiger partial charge in [-0.1, -0.05) is 19.1 Å². The third kappa shape index (κ3) is 2.52. The molecule has 0 unspecified atom stereocenters.